The minimum atomic E-state index is -0.204. The van der Waals surface area contributed by atoms with Crippen molar-refractivity contribution in [1.82, 2.24) is 9.97 Å². The maximum Gasteiger partial charge on any atom is 0.134 e. The largest absolute Gasteiger partial charge is 0.366 e. The molecule has 1 aromatic rings. The van der Waals surface area contributed by atoms with Crippen molar-refractivity contribution in [2.45, 2.75) is 58.7 Å². The zero-order chi connectivity index (χ0) is 15.0. The number of nitrogens with zero attached hydrogens (tertiary/aromatic N) is 3. The molecule has 5 heteroatoms. The van der Waals surface area contributed by atoms with Crippen LogP contribution >= 0.6 is 11.6 Å². The van der Waals surface area contributed by atoms with Crippen molar-refractivity contribution in [3.05, 3.63) is 17.0 Å². The lowest BCUT2D eigenvalue weighted by Crippen LogP contribution is -2.57. The lowest BCUT2D eigenvalue weighted by molar-refractivity contribution is -0.133. The number of halogens is 1. The number of hydrogen-bond acceptors (Lipinski definition) is 4. The van der Waals surface area contributed by atoms with E-state index in [0.717, 1.165) is 37.6 Å². The molecule has 0 atom stereocenters. The van der Waals surface area contributed by atoms with Gasteiger partial charge in [0.1, 0.15) is 16.8 Å². The van der Waals surface area contributed by atoms with Crippen LogP contribution in [0.4, 0.5) is 5.82 Å². The van der Waals surface area contributed by atoms with Crippen molar-refractivity contribution in [2.75, 3.05) is 18.0 Å². The average molecular weight is 298 g/mol. The van der Waals surface area contributed by atoms with Crippen LogP contribution in [0.3, 0.4) is 0 Å². The normalized spacial score (nSPS) is 21.0. The van der Waals surface area contributed by atoms with Crippen LogP contribution in [-0.4, -0.2) is 34.3 Å². The molecule has 20 heavy (non-hydrogen) atoms. The molecule has 2 rings (SSSR count). The van der Waals surface area contributed by atoms with Gasteiger partial charge in [-0.15, -0.1) is 0 Å². The van der Waals surface area contributed by atoms with Gasteiger partial charge in [0.05, 0.1) is 11.2 Å². The minimum Gasteiger partial charge on any atom is -0.366 e. The van der Waals surface area contributed by atoms with Crippen molar-refractivity contribution in [3.63, 3.8) is 0 Å². The van der Waals surface area contributed by atoms with Gasteiger partial charge in [0.25, 0.3) is 0 Å². The van der Waals surface area contributed by atoms with Crippen molar-refractivity contribution >= 4 is 17.4 Å². The van der Waals surface area contributed by atoms with Gasteiger partial charge in [-0.1, -0.05) is 18.5 Å². The van der Waals surface area contributed by atoms with Crippen molar-refractivity contribution < 1.29 is 4.74 Å². The minimum absolute atomic E-state index is 0.204. The average Bonchev–Trinajstić information content (AvgIpc) is 2.24. The summed E-state index contributed by atoms with van der Waals surface area (Å²) in [5.74, 6) is 1.72. The first kappa shape index (κ1) is 15.5. The van der Waals surface area contributed by atoms with E-state index >= 15 is 0 Å². The SMILES string of the molecule is CCCc1nc(Cl)cc(N2CC(C)(C)OC(C)(C)C2)n1. The summed E-state index contributed by atoms with van der Waals surface area (Å²) in [7, 11) is 0. The third-order valence-corrected chi connectivity index (χ3v) is 3.41. The Balaban J connectivity index is 2.30. The Morgan fingerprint density at radius 1 is 1.20 bits per heavy atom. The Morgan fingerprint density at radius 3 is 2.35 bits per heavy atom. The zero-order valence-electron chi connectivity index (χ0n) is 13.0. The Bertz CT molecular complexity index is 472. The highest BCUT2D eigenvalue weighted by Crippen LogP contribution is 2.31. The van der Waals surface area contributed by atoms with Crippen LogP contribution in [0.25, 0.3) is 0 Å². The molecule has 0 aliphatic carbocycles. The highest BCUT2D eigenvalue weighted by molar-refractivity contribution is 6.29. The summed E-state index contributed by atoms with van der Waals surface area (Å²) >= 11 is 6.14. The highest BCUT2D eigenvalue weighted by atomic mass is 35.5. The van der Waals surface area contributed by atoms with E-state index in [0.29, 0.717) is 5.15 Å². The van der Waals surface area contributed by atoms with Gasteiger partial charge < -0.3 is 9.64 Å². The van der Waals surface area contributed by atoms with E-state index in [-0.39, 0.29) is 11.2 Å². The third kappa shape index (κ3) is 3.83. The predicted molar refractivity (Wildman–Crippen MR) is 82.5 cm³/mol. The van der Waals surface area contributed by atoms with Gasteiger partial charge in [-0.2, -0.15) is 0 Å². The van der Waals surface area contributed by atoms with Gasteiger partial charge in [-0.25, -0.2) is 9.97 Å². The number of aromatic nitrogens is 2. The van der Waals surface area contributed by atoms with E-state index in [1.54, 1.807) is 0 Å². The Morgan fingerprint density at radius 2 is 1.80 bits per heavy atom. The predicted octanol–water partition coefficient (Wildman–Crippen LogP) is 3.48. The topological polar surface area (TPSA) is 38.2 Å². The van der Waals surface area contributed by atoms with Crippen molar-refractivity contribution in [3.8, 4) is 0 Å². The summed E-state index contributed by atoms with van der Waals surface area (Å²) in [5.41, 5.74) is -0.409. The zero-order valence-corrected chi connectivity index (χ0v) is 13.8. The molecular formula is C15H24ClN3O. The summed E-state index contributed by atoms with van der Waals surface area (Å²) < 4.78 is 6.10. The van der Waals surface area contributed by atoms with E-state index in [1.807, 2.05) is 6.07 Å². The van der Waals surface area contributed by atoms with Crippen molar-refractivity contribution in [1.29, 1.82) is 0 Å². The number of ether oxygens (including phenoxy) is 1. The fourth-order valence-corrected chi connectivity index (χ4v) is 3.09. The molecule has 0 spiro atoms. The first-order chi connectivity index (χ1) is 9.21. The van der Waals surface area contributed by atoms with Gasteiger partial charge in [0, 0.05) is 25.6 Å². The first-order valence-electron chi connectivity index (χ1n) is 7.19. The van der Waals surface area contributed by atoms with E-state index in [4.69, 9.17) is 16.3 Å². The fraction of sp³-hybridized carbons (Fsp3) is 0.733. The van der Waals surface area contributed by atoms with Gasteiger partial charge in [0.15, 0.2) is 0 Å². The molecule has 2 heterocycles. The molecule has 0 bridgehead atoms. The number of rotatable bonds is 3. The molecule has 1 aliphatic rings. The van der Waals surface area contributed by atoms with E-state index < -0.39 is 0 Å². The number of hydrogen-bond donors (Lipinski definition) is 0. The molecule has 1 saturated heterocycles. The van der Waals surface area contributed by atoms with Gasteiger partial charge in [-0.3, -0.25) is 0 Å². The number of anilines is 1. The molecule has 1 aliphatic heterocycles. The molecule has 4 nitrogen and oxygen atoms in total. The standard InChI is InChI=1S/C15H24ClN3O/c1-6-7-12-17-11(16)8-13(18-12)19-9-14(2,3)20-15(4,5)10-19/h8H,6-7,9-10H2,1-5H3. The van der Waals surface area contributed by atoms with Crippen LogP contribution in [0, 0.1) is 0 Å². The Hall–Kier alpha value is -0.870. The third-order valence-electron chi connectivity index (χ3n) is 3.22. The Kier molecular flexibility index (Phi) is 4.26. The molecule has 0 amide bonds. The molecular weight excluding hydrogens is 274 g/mol. The molecule has 0 radical (unpaired) electrons. The van der Waals surface area contributed by atoms with Crippen LogP contribution in [-0.2, 0) is 11.2 Å². The molecule has 0 N–H and O–H groups in total. The molecule has 112 valence electrons. The Labute approximate surface area is 126 Å². The summed E-state index contributed by atoms with van der Waals surface area (Å²) in [6, 6.07) is 1.85. The van der Waals surface area contributed by atoms with Crippen LogP contribution in [0.1, 0.15) is 46.9 Å². The monoisotopic (exact) mass is 297 g/mol. The summed E-state index contributed by atoms with van der Waals surface area (Å²) in [6.07, 6.45) is 1.87. The molecule has 1 aromatic heterocycles. The van der Waals surface area contributed by atoms with Crippen LogP contribution in [0.15, 0.2) is 6.07 Å². The maximum atomic E-state index is 6.14. The number of morpholine rings is 1. The van der Waals surface area contributed by atoms with E-state index in [2.05, 4.69) is 49.5 Å². The second kappa shape index (κ2) is 5.49. The fourth-order valence-electron chi connectivity index (χ4n) is 2.90. The van der Waals surface area contributed by atoms with Crippen LogP contribution < -0.4 is 4.90 Å². The quantitative estimate of drug-likeness (QED) is 0.801. The number of aryl methyl sites for hydroxylation is 1. The summed E-state index contributed by atoms with van der Waals surface area (Å²) in [5, 5.41) is 0.514. The van der Waals surface area contributed by atoms with Crippen molar-refractivity contribution in [2.24, 2.45) is 0 Å². The molecule has 0 unspecified atom stereocenters. The molecule has 0 saturated carbocycles. The second-order valence-corrected chi connectivity index (χ2v) is 7.08. The second-order valence-electron chi connectivity index (χ2n) is 6.69. The molecule has 1 fully saturated rings. The smallest absolute Gasteiger partial charge is 0.134 e. The van der Waals surface area contributed by atoms with Gasteiger partial charge >= 0.3 is 0 Å². The van der Waals surface area contributed by atoms with E-state index in [9.17, 15) is 0 Å². The lowest BCUT2D eigenvalue weighted by Gasteiger charge is -2.47. The van der Waals surface area contributed by atoms with Gasteiger partial charge in [0.2, 0.25) is 0 Å². The van der Waals surface area contributed by atoms with Crippen LogP contribution in [0.2, 0.25) is 5.15 Å². The summed E-state index contributed by atoms with van der Waals surface area (Å²) in [6.45, 7) is 12.1. The lowest BCUT2D eigenvalue weighted by atomic mass is 9.99. The maximum absolute atomic E-state index is 6.14. The first-order valence-corrected chi connectivity index (χ1v) is 7.57. The van der Waals surface area contributed by atoms with E-state index in [1.165, 1.54) is 0 Å². The van der Waals surface area contributed by atoms with Gasteiger partial charge in [-0.05, 0) is 34.1 Å². The van der Waals surface area contributed by atoms with Crippen LogP contribution in [0.5, 0.6) is 0 Å². The molecule has 0 aromatic carbocycles. The highest BCUT2D eigenvalue weighted by Gasteiger charge is 2.38. The summed E-state index contributed by atoms with van der Waals surface area (Å²) in [4.78, 5) is 11.2.